The molecule has 0 aromatic rings. The quantitative estimate of drug-likeness (QED) is 0.334. The van der Waals surface area contributed by atoms with Crippen molar-refractivity contribution < 1.29 is 24.1 Å². The summed E-state index contributed by atoms with van der Waals surface area (Å²) in [5, 5.41) is 10.0. The lowest BCUT2D eigenvalue weighted by atomic mass is 9.79. The highest BCUT2D eigenvalue weighted by Crippen LogP contribution is 2.44. The van der Waals surface area contributed by atoms with Crippen molar-refractivity contribution >= 4 is 21.7 Å². The molecular formula is C25H33BrO5. The van der Waals surface area contributed by atoms with Gasteiger partial charge in [0.25, 0.3) is 0 Å². The Hall–Kier alpha value is -1.05. The predicted molar refractivity (Wildman–Crippen MR) is 123 cm³/mol. The number of ketones is 1. The summed E-state index contributed by atoms with van der Waals surface area (Å²) in [6, 6.07) is 0. The number of carbonyl (C=O) groups excluding carboxylic acids is 1. The van der Waals surface area contributed by atoms with E-state index < -0.39 is 5.79 Å². The van der Waals surface area contributed by atoms with E-state index in [1.807, 2.05) is 25.2 Å². The molecule has 1 saturated heterocycles. The van der Waals surface area contributed by atoms with Gasteiger partial charge in [-0.2, -0.15) is 0 Å². The molecule has 6 heteroatoms. The summed E-state index contributed by atoms with van der Waals surface area (Å²) in [5.41, 5.74) is 3.74. The first kappa shape index (κ1) is 23.1. The maximum Gasteiger partial charge on any atom is 0.209 e. The van der Waals surface area contributed by atoms with Crippen molar-refractivity contribution in [2.75, 3.05) is 6.61 Å². The third-order valence-electron chi connectivity index (χ3n) is 6.94. The van der Waals surface area contributed by atoms with Gasteiger partial charge in [-0.3, -0.25) is 4.79 Å². The smallest absolute Gasteiger partial charge is 0.209 e. The molecular weight excluding hydrogens is 460 g/mol. The molecule has 4 aliphatic rings. The first-order valence-electron chi connectivity index (χ1n) is 11.1. The molecule has 1 spiro atoms. The van der Waals surface area contributed by atoms with Gasteiger partial charge in [-0.15, -0.1) is 0 Å². The number of halogens is 1. The lowest BCUT2D eigenvalue weighted by Gasteiger charge is -2.46. The Morgan fingerprint density at radius 2 is 1.97 bits per heavy atom. The zero-order valence-corrected chi connectivity index (χ0v) is 20.4. The lowest BCUT2D eigenvalue weighted by Crippen LogP contribution is -2.50. The highest BCUT2D eigenvalue weighted by atomic mass is 79.9. The Labute approximate surface area is 193 Å². The van der Waals surface area contributed by atoms with Crippen LogP contribution in [0.15, 0.2) is 47.1 Å². The number of fused-ring (bicyclic) bond motifs is 1. The molecule has 0 aromatic heterocycles. The van der Waals surface area contributed by atoms with Crippen LogP contribution in [0.4, 0.5) is 0 Å². The van der Waals surface area contributed by atoms with Crippen LogP contribution < -0.4 is 0 Å². The molecule has 1 N–H and O–H groups in total. The Bertz CT molecular complexity index is 869. The highest BCUT2D eigenvalue weighted by Gasteiger charge is 2.48. The monoisotopic (exact) mass is 492 g/mol. The van der Waals surface area contributed by atoms with E-state index in [-0.39, 0.29) is 40.9 Å². The molecule has 4 rings (SSSR count). The number of ether oxygens (including phenoxy) is 3. The number of allylic oxidation sites excluding steroid dienone is 1. The second-order valence-electron chi connectivity index (χ2n) is 9.92. The van der Waals surface area contributed by atoms with Gasteiger partial charge < -0.3 is 19.3 Å². The average Bonchev–Trinajstić information content (AvgIpc) is 3.32. The van der Waals surface area contributed by atoms with Crippen molar-refractivity contribution in [3.05, 3.63) is 47.1 Å². The zero-order valence-electron chi connectivity index (χ0n) is 18.8. The maximum absolute atomic E-state index is 12.2. The molecule has 5 nitrogen and oxygen atoms in total. The zero-order chi connectivity index (χ0) is 22.6. The van der Waals surface area contributed by atoms with Gasteiger partial charge in [0.1, 0.15) is 0 Å². The summed E-state index contributed by atoms with van der Waals surface area (Å²) in [5.74, 6) is -1.08. The van der Waals surface area contributed by atoms with E-state index >= 15 is 0 Å². The number of hydrogen-bond acceptors (Lipinski definition) is 5. The molecule has 170 valence electrons. The molecule has 1 fully saturated rings. The fourth-order valence-corrected chi connectivity index (χ4v) is 5.48. The third-order valence-corrected chi connectivity index (χ3v) is 8.17. The van der Waals surface area contributed by atoms with Gasteiger partial charge in [0.05, 0.1) is 35.3 Å². The number of epoxide rings is 1. The van der Waals surface area contributed by atoms with E-state index in [4.69, 9.17) is 14.2 Å². The largest absolute Gasteiger partial charge is 0.392 e. The van der Waals surface area contributed by atoms with E-state index in [1.165, 1.54) is 5.57 Å². The average molecular weight is 493 g/mol. The highest BCUT2D eigenvalue weighted by molar-refractivity contribution is 9.09. The lowest BCUT2D eigenvalue weighted by molar-refractivity contribution is -0.231. The fourth-order valence-electron chi connectivity index (χ4n) is 4.95. The van der Waals surface area contributed by atoms with Crippen molar-refractivity contribution in [2.24, 2.45) is 5.92 Å². The number of rotatable bonds is 6. The molecule has 6 unspecified atom stereocenters. The topological polar surface area (TPSA) is 68.3 Å². The van der Waals surface area contributed by atoms with Crippen LogP contribution in [-0.2, 0) is 19.0 Å². The van der Waals surface area contributed by atoms with Gasteiger partial charge in [-0.05, 0) is 76.3 Å². The van der Waals surface area contributed by atoms with Gasteiger partial charge in [0, 0.05) is 12.3 Å². The van der Waals surface area contributed by atoms with Crippen LogP contribution in [0.1, 0.15) is 53.4 Å². The van der Waals surface area contributed by atoms with E-state index in [2.05, 4.69) is 43.3 Å². The Balaban J connectivity index is 1.51. The number of aliphatic hydroxyl groups is 1. The van der Waals surface area contributed by atoms with Crippen molar-refractivity contribution in [2.45, 2.75) is 87.9 Å². The first-order chi connectivity index (χ1) is 14.5. The molecule has 0 amide bonds. The fraction of sp³-hybridized carbons (Fsp3) is 0.640. The van der Waals surface area contributed by atoms with Crippen molar-refractivity contribution in [1.82, 2.24) is 0 Å². The van der Waals surface area contributed by atoms with Gasteiger partial charge in [-0.1, -0.05) is 33.7 Å². The summed E-state index contributed by atoms with van der Waals surface area (Å²) < 4.78 is 18.7. The summed E-state index contributed by atoms with van der Waals surface area (Å²) in [6.45, 7) is 12.3. The minimum absolute atomic E-state index is 0.0161. The van der Waals surface area contributed by atoms with Crippen LogP contribution in [0.3, 0.4) is 0 Å². The maximum atomic E-state index is 12.2. The number of aliphatic hydroxyl groups excluding tert-OH is 1. The van der Waals surface area contributed by atoms with Crippen LogP contribution in [0.2, 0.25) is 0 Å². The van der Waals surface area contributed by atoms with Crippen molar-refractivity contribution in [3.8, 4) is 0 Å². The Kier molecular flexibility index (Phi) is 6.25. The van der Waals surface area contributed by atoms with E-state index in [1.54, 1.807) is 0 Å². The summed E-state index contributed by atoms with van der Waals surface area (Å²) in [7, 11) is 0. The summed E-state index contributed by atoms with van der Waals surface area (Å²) >= 11 is 3.83. The van der Waals surface area contributed by atoms with E-state index in [9.17, 15) is 9.90 Å². The van der Waals surface area contributed by atoms with Crippen LogP contribution in [0, 0.1) is 5.92 Å². The van der Waals surface area contributed by atoms with Crippen LogP contribution in [0.5, 0.6) is 0 Å². The standard InChI is InChI=1S/C25H33BrO5/c1-14-8-21(23(26)15(2)6-7-22-24(4,5)31-22)30-25(11-14)12-17(13-27)18-10-19(28)16(3)9-20(18)29-25/h9,11-12,18,20-23,27H,2,6-8,10,13H2,1,3-5H3. The summed E-state index contributed by atoms with van der Waals surface area (Å²) in [4.78, 5) is 12.2. The van der Waals surface area contributed by atoms with E-state index in [0.29, 0.717) is 18.1 Å². The van der Waals surface area contributed by atoms with Crippen LogP contribution >= 0.6 is 15.9 Å². The van der Waals surface area contributed by atoms with Crippen molar-refractivity contribution in [3.63, 3.8) is 0 Å². The Morgan fingerprint density at radius 1 is 1.26 bits per heavy atom. The van der Waals surface area contributed by atoms with Gasteiger partial charge in [-0.25, -0.2) is 0 Å². The molecule has 3 heterocycles. The SMILES string of the molecule is C=C(CCC1OC1(C)C)C(Br)C1CC(C)=CC2(C=C(CO)C3CC(=O)C(C)=CC3O2)O1. The number of alkyl halides is 1. The molecule has 0 saturated carbocycles. The van der Waals surface area contributed by atoms with Gasteiger partial charge >= 0.3 is 0 Å². The van der Waals surface area contributed by atoms with Gasteiger partial charge in [0.15, 0.2) is 5.78 Å². The predicted octanol–water partition coefficient (Wildman–Crippen LogP) is 4.55. The number of hydrogen-bond donors (Lipinski definition) is 1. The molecule has 3 aliphatic heterocycles. The normalized spacial score (nSPS) is 37.5. The minimum Gasteiger partial charge on any atom is -0.392 e. The molecule has 0 bridgehead atoms. The molecule has 0 aromatic carbocycles. The third kappa shape index (κ3) is 4.69. The minimum atomic E-state index is -1.04. The van der Waals surface area contributed by atoms with E-state index in [0.717, 1.165) is 30.4 Å². The van der Waals surface area contributed by atoms with Crippen LogP contribution in [-0.4, -0.2) is 52.0 Å². The number of Topliss-reactive ketones (excluding diaryl/α,β-unsaturated/α-hetero) is 1. The molecule has 31 heavy (non-hydrogen) atoms. The molecule has 0 radical (unpaired) electrons. The second-order valence-corrected chi connectivity index (χ2v) is 10.9. The molecule has 1 aliphatic carbocycles. The van der Waals surface area contributed by atoms with Crippen molar-refractivity contribution in [1.29, 1.82) is 0 Å². The first-order valence-corrected chi connectivity index (χ1v) is 12.0. The van der Waals surface area contributed by atoms with Gasteiger partial charge in [0.2, 0.25) is 5.79 Å². The van der Waals surface area contributed by atoms with Crippen LogP contribution in [0.25, 0.3) is 0 Å². The summed E-state index contributed by atoms with van der Waals surface area (Å²) in [6.07, 6.45) is 8.55. The Morgan fingerprint density at radius 3 is 2.61 bits per heavy atom. The number of carbonyl (C=O) groups is 1. The molecule has 6 atom stereocenters. The second kappa shape index (κ2) is 8.38.